The molecule has 0 radical (unpaired) electrons. The molecule has 0 saturated carbocycles. The number of hydrogen-bond donors (Lipinski definition) is 1. The predicted molar refractivity (Wildman–Crippen MR) is 77.9 cm³/mol. The van der Waals surface area contributed by atoms with Gasteiger partial charge in [0.1, 0.15) is 5.75 Å². The maximum atomic E-state index is 5.22. The van der Waals surface area contributed by atoms with Gasteiger partial charge in [-0.2, -0.15) is 11.8 Å². The third-order valence-electron chi connectivity index (χ3n) is 2.97. The van der Waals surface area contributed by atoms with Gasteiger partial charge in [0.15, 0.2) is 0 Å². The zero-order valence-corrected chi connectivity index (χ0v) is 12.4. The summed E-state index contributed by atoms with van der Waals surface area (Å²) in [6.07, 6.45) is 2.65. The van der Waals surface area contributed by atoms with Crippen LogP contribution in [0.15, 0.2) is 22.7 Å². The Morgan fingerprint density at radius 1 is 1.53 bits per heavy atom. The van der Waals surface area contributed by atoms with E-state index < -0.39 is 0 Å². The van der Waals surface area contributed by atoms with E-state index in [2.05, 4.69) is 45.1 Å². The lowest BCUT2D eigenvalue weighted by atomic mass is 10.1. The third-order valence-corrected chi connectivity index (χ3v) is 4.81. The summed E-state index contributed by atoms with van der Waals surface area (Å²) in [5.41, 5.74) is 1.30. The van der Waals surface area contributed by atoms with Gasteiger partial charge in [0, 0.05) is 18.3 Å². The molecule has 1 unspecified atom stereocenters. The second-order valence-electron chi connectivity index (χ2n) is 4.26. The van der Waals surface area contributed by atoms with E-state index in [0.717, 1.165) is 16.8 Å². The first-order valence-electron chi connectivity index (χ1n) is 5.93. The summed E-state index contributed by atoms with van der Waals surface area (Å²) < 4.78 is 6.25. The molecule has 0 bridgehead atoms. The molecular weight excluding hydrogens is 298 g/mol. The fraction of sp³-hybridized carbons (Fsp3) is 0.538. The standard InChI is InChI=1S/C13H18BrNOS/c1-16-13-5-4-10(7-12(13)14)8-15-11-3-2-6-17-9-11/h4-5,7,11,15H,2-3,6,8-9H2,1H3. The number of methoxy groups -OCH3 is 1. The summed E-state index contributed by atoms with van der Waals surface area (Å²) in [5.74, 6) is 3.46. The molecule has 1 aliphatic rings. The van der Waals surface area contributed by atoms with Crippen LogP contribution in [0.3, 0.4) is 0 Å². The lowest BCUT2D eigenvalue weighted by Crippen LogP contribution is -2.33. The quantitative estimate of drug-likeness (QED) is 0.919. The highest BCUT2D eigenvalue weighted by molar-refractivity contribution is 9.10. The highest BCUT2D eigenvalue weighted by atomic mass is 79.9. The lowest BCUT2D eigenvalue weighted by molar-refractivity contribution is 0.412. The van der Waals surface area contributed by atoms with E-state index in [1.54, 1.807) is 7.11 Å². The Morgan fingerprint density at radius 3 is 3.06 bits per heavy atom. The molecule has 1 N–H and O–H groups in total. The van der Waals surface area contributed by atoms with Crippen LogP contribution in [0.2, 0.25) is 0 Å². The molecule has 1 heterocycles. The zero-order valence-electron chi connectivity index (χ0n) is 10.0. The maximum absolute atomic E-state index is 5.22. The molecule has 0 amide bonds. The van der Waals surface area contributed by atoms with Gasteiger partial charge in [0.05, 0.1) is 11.6 Å². The summed E-state index contributed by atoms with van der Waals surface area (Å²) in [6, 6.07) is 6.93. The first kappa shape index (κ1) is 13.2. The number of thioether (sulfide) groups is 1. The average molecular weight is 316 g/mol. The SMILES string of the molecule is COc1ccc(CNC2CCCSC2)cc1Br. The second-order valence-corrected chi connectivity index (χ2v) is 6.27. The van der Waals surface area contributed by atoms with E-state index in [4.69, 9.17) is 4.74 Å². The van der Waals surface area contributed by atoms with Crippen molar-refractivity contribution in [3.05, 3.63) is 28.2 Å². The molecule has 2 rings (SSSR count). The Labute approximate surface area is 116 Å². The average Bonchev–Trinajstić information content (AvgIpc) is 2.38. The first-order chi connectivity index (χ1) is 8.29. The van der Waals surface area contributed by atoms with E-state index >= 15 is 0 Å². The van der Waals surface area contributed by atoms with Crippen molar-refractivity contribution in [2.75, 3.05) is 18.6 Å². The molecule has 1 aliphatic heterocycles. The summed E-state index contributed by atoms with van der Waals surface area (Å²) in [4.78, 5) is 0. The fourth-order valence-electron chi connectivity index (χ4n) is 1.98. The maximum Gasteiger partial charge on any atom is 0.133 e. The number of halogens is 1. The lowest BCUT2D eigenvalue weighted by Gasteiger charge is -2.22. The molecular formula is C13H18BrNOS. The number of benzene rings is 1. The Morgan fingerprint density at radius 2 is 2.41 bits per heavy atom. The Hall–Kier alpha value is -0.190. The summed E-state index contributed by atoms with van der Waals surface area (Å²) >= 11 is 5.57. The normalized spacial score (nSPS) is 20.2. The van der Waals surface area contributed by atoms with Crippen LogP contribution in [0, 0.1) is 0 Å². The van der Waals surface area contributed by atoms with Crippen LogP contribution in [-0.4, -0.2) is 24.7 Å². The van der Waals surface area contributed by atoms with Crippen molar-refractivity contribution in [1.29, 1.82) is 0 Å². The number of ether oxygens (including phenoxy) is 1. The number of nitrogens with one attached hydrogen (secondary N) is 1. The van der Waals surface area contributed by atoms with Crippen molar-refractivity contribution in [1.82, 2.24) is 5.32 Å². The van der Waals surface area contributed by atoms with Crippen LogP contribution >= 0.6 is 27.7 Å². The molecule has 0 aliphatic carbocycles. The van der Waals surface area contributed by atoms with E-state index in [1.807, 2.05) is 6.07 Å². The van der Waals surface area contributed by atoms with Crippen LogP contribution < -0.4 is 10.1 Å². The van der Waals surface area contributed by atoms with Crippen molar-refractivity contribution in [2.24, 2.45) is 0 Å². The molecule has 2 nitrogen and oxygen atoms in total. The topological polar surface area (TPSA) is 21.3 Å². The molecule has 94 valence electrons. The van der Waals surface area contributed by atoms with Gasteiger partial charge in [-0.3, -0.25) is 0 Å². The Bertz CT molecular complexity index is 366. The Balaban J connectivity index is 1.87. The predicted octanol–water partition coefficient (Wildman–Crippen LogP) is 3.44. The van der Waals surface area contributed by atoms with Gasteiger partial charge in [0.2, 0.25) is 0 Å². The van der Waals surface area contributed by atoms with Gasteiger partial charge in [-0.05, 0) is 52.2 Å². The van der Waals surface area contributed by atoms with E-state index in [1.165, 1.54) is 29.9 Å². The second kappa shape index (κ2) is 6.66. The monoisotopic (exact) mass is 315 g/mol. The third kappa shape index (κ3) is 3.90. The van der Waals surface area contributed by atoms with Crippen LogP contribution in [-0.2, 0) is 6.54 Å². The molecule has 17 heavy (non-hydrogen) atoms. The summed E-state index contributed by atoms with van der Waals surface area (Å²) in [7, 11) is 1.69. The van der Waals surface area contributed by atoms with Gasteiger partial charge < -0.3 is 10.1 Å². The van der Waals surface area contributed by atoms with Crippen LogP contribution in [0.5, 0.6) is 5.75 Å². The van der Waals surface area contributed by atoms with Crippen LogP contribution in [0.1, 0.15) is 18.4 Å². The largest absolute Gasteiger partial charge is 0.496 e. The molecule has 1 fully saturated rings. The molecule has 1 atom stereocenters. The van der Waals surface area contributed by atoms with Crippen molar-refractivity contribution in [3.63, 3.8) is 0 Å². The molecule has 1 aromatic carbocycles. The van der Waals surface area contributed by atoms with E-state index in [9.17, 15) is 0 Å². The molecule has 0 aromatic heterocycles. The molecule has 1 saturated heterocycles. The minimum atomic E-state index is 0.676. The highest BCUT2D eigenvalue weighted by Crippen LogP contribution is 2.25. The number of rotatable bonds is 4. The molecule has 1 aromatic rings. The van der Waals surface area contributed by atoms with Gasteiger partial charge in [-0.1, -0.05) is 6.07 Å². The van der Waals surface area contributed by atoms with Crippen molar-refractivity contribution < 1.29 is 4.74 Å². The minimum absolute atomic E-state index is 0.676. The summed E-state index contributed by atoms with van der Waals surface area (Å²) in [5, 5.41) is 3.62. The van der Waals surface area contributed by atoms with Gasteiger partial charge in [-0.25, -0.2) is 0 Å². The van der Waals surface area contributed by atoms with Gasteiger partial charge in [-0.15, -0.1) is 0 Å². The first-order valence-corrected chi connectivity index (χ1v) is 7.88. The Kier molecular flexibility index (Phi) is 5.19. The minimum Gasteiger partial charge on any atom is -0.496 e. The molecule has 0 spiro atoms. The van der Waals surface area contributed by atoms with Gasteiger partial charge >= 0.3 is 0 Å². The van der Waals surface area contributed by atoms with Gasteiger partial charge in [0.25, 0.3) is 0 Å². The summed E-state index contributed by atoms with van der Waals surface area (Å²) in [6.45, 7) is 0.938. The van der Waals surface area contributed by atoms with Crippen LogP contribution in [0.25, 0.3) is 0 Å². The smallest absolute Gasteiger partial charge is 0.133 e. The molecule has 4 heteroatoms. The van der Waals surface area contributed by atoms with Crippen molar-refractivity contribution >= 4 is 27.7 Å². The van der Waals surface area contributed by atoms with E-state index in [0.29, 0.717) is 6.04 Å². The zero-order chi connectivity index (χ0) is 12.1. The van der Waals surface area contributed by atoms with E-state index in [-0.39, 0.29) is 0 Å². The fourth-order valence-corrected chi connectivity index (χ4v) is 3.68. The highest BCUT2D eigenvalue weighted by Gasteiger charge is 2.12. The van der Waals surface area contributed by atoms with Crippen LogP contribution in [0.4, 0.5) is 0 Å². The number of hydrogen-bond acceptors (Lipinski definition) is 3. The van der Waals surface area contributed by atoms with Crippen molar-refractivity contribution in [3.8, 4) is 5.75 Å². The van der Waals surface area contributed by atoms with Crippen molar-refractivity contribution in [2.45, 2.75) is 25.4 Å².